The first-order valence-corrected chi connectivity index (χ1v) is 7.09. The molecule has 0 bridgehead atoms. The molecule has 94 valence electrons. The minimum Gasteiger partial charge on any atom is -0.480 e. The molecule has 1 aromatic carbocycles. The highest BCUT2D eigenvalue weighted by Crippen LogP contribution is 2.22. The standard InChI is InChI=1S/C13H18O3S/c1-3-10(2)9-17(16)12(13(14)15)11-7-5-4-6-8-11/h4-8,10,12H,3,9H2,1-2H3,(H,14,15). The van der Waals surface area contributed by atoms with Crippen LogP contribution < -0.4 is 0 Å². The summed E-state index contributed by atoms with van der Waals surface area (Å²) in [5.41, 5.74) is 0.613. The summed E-state index contributed by atoms with van der Waals surface area (Å²) in [5.74, 6) is -0.304. The van der Waals surface area contributed by atoms with Crippen molar-refractivity contribution in [1.82, 2.24) is 0 Å². The molecule has 0 aliphatic heterocycles. The second kappa shape index (κ2) is 6.55. The zero-order chi connectivity index (χ0) is 12.8. The molecule has 0 aliphatic rings. The van der Waals surface area contributed by atoms with Crippen LogP contribution in [0.1, 0.15) is 31.1 Å². The molecule has 1 N–H and O–H groups in total. The van der Waals surface area contributed by atoms with Crippen molar-refractivity contribution in [2.24, 2.45) is 5.92 Å². The van der Waals surface area contributed by atoms with E-state index in [2.05, 4.69) is 0 Å². The molecule has 0 radical (unpaired) electrons. The van der Waals surface area contributed by atoms with Gasteiger partial charge in [0.15, 0.2) is 5.25 Å². The average molecular weight is 254 g/mol. The summed E-state index contributed by atoms with van der Waals surface area (Å²) < 4.78 is 12.1. The van der Waals surface area contributed by atoms with E-state index in [4.69, 9.17) is 0 Å². The maximum Gasteiger partial charge on any atom is 0.323 e. The number of carboxylic acid groups (broad SMARTS) is 1. The Labute approximate surface area is 104 Å². The van der Waals surface area contributed by atoms with E-state index in [9.17, 15) is 14.1 Å². The maximum atomic E-state index is 12.1. The van der Waals surface area contributed by atoms with Crippen LogP contribution in [0.2, 0.25) is 0 Å². The molecule has 0 saturated carbocycles. The Hall–Kier alpha value is -1.16. The Morgan fingerprint density at radius 2 is 1.94 bits per heavy atom. The smallest absolute Gasteiger partial charge is 0.323 e. The fraction of sp³-hybridized carbons (Fsp3) is 0.462. The van der Waals surface area contributed by atoms with Crippen molar-refractivity contribution in [1.29, 1.82) is 0 Å². The zero-order valence-corrected chi connectivity index (χ0v) is 10.9. The monoisotopic (exact) mass is 254 g/mol. The minimum absolute atomic E-state index is 0.279. The third kappa shape index (κ3) is 3.97. The van der Waals surface area contributed by atoms with Crippen molar-refractivity contribution >= 4 is 16.8 Å². The summed E-state index contributed by atoms with van der Waals surface area (Å²) >= 11 is 0. The van der Waals surface area contributed by atoms with Crippen molar-refractivity contribution in [3.63, 3.8) is 0 Å². The van der Waals surface area contributed by atoms with Crippen molar-refractivity contribution in [2.45, 2.75) is 25.5 Å². The highest BCUT2D eigenvalue weighted by atomic mass is 32.2. The first kappa shape index (κ1) is 13.9. The van der Waals surface area contributed by atoms with Gasteiger partial charge in [0, 0.05) is 16.6 Å². The van der Waals surface area contributed by atoms with Gasteiger partial charge in [-0.1, -0.05) is 50.6 Å². The zero-order valence-electron chi connectivity index (χ0n) is 10.1. The second-order valence-corrected chi connectivity index (χ2v) is 5.76. The van der Waals surface area contributed by atoms with E-state index in [1.807, 2.05) is 19.9 Å². The molecule has 0 aromatic heterocycles. The van der Waals surface area contributed by atoms with Crippen LogP contribution in [0.5, 0.6) is 0 Å². The van der Waals surface area contributed by atoms with Crippen LogP contribution in [0.3, 0.4) is 0 Å². The van der Waals surface area contributed by atoms with Crippen LogP contribution in [-0.4, -0.2) is 21.0 Å². The van der Waals surface area contributed by atoms with Gasteiger partial charge in [-0.2, -0.15) is 0 Å². The molecule has 0 aliphatic carbocycles. The maximum absolute atomic E-state index is 12.1. The first-order valence-electron chi connectivity index (χ1n) is 5.71. The van der Waals surface area contributed by atoms with E-state index in [-0.39, 0.29) is 5.92 Å². The Bertz CT molecular complexity index is 389. The molecule has 3 atom stereocenters. The molecular formula is C13H18O3S. The van der Waals surface area contributed by atoms with Gasteiger partial charge in [-0.25, -0.2) is 0 Å². The summed E-state index contributed by atoms with van der Waals surface area (Å²) in [6.07, 6.45) is 0.910. The fourth-order valence-electron chi connectivity index (χ4n) is 1.53. The molecule has 3 unspecified atom stereocenters. The molecule has 0 spiro atoms. The largest absolute Gasteiger partial charge is 0.480 e. The number of carbonyl (C=O) groups is 1. The molecule has 0 fully saturated rings. The van der Waals surface area contributed by atoms with Gasteiger partial charge in [-0.05, 0) is 11.5 Å². The lowest BCUT2D eigenvalue weighted by molar-refractivity contribution is -0.136. The van der Waals surface area contributed by atoms with E-state index in [0.29, 0.717) is 11.3 Å². The van der Waals surface area contributed by atoms with Gasteiger partial charge >= 0.3 is 5.97 Å². The molecule has 3 nitrogen and oxygen atoms in total. The van der Waals surface area contributed by atoms with Crippen molar-refractivity contribution < 1.29 is 14.1 Å². The topological polar surface area (TPSA) is 54.4 Å². The quantitative estimate of drug-likeness (QED) is 0.849. The van der Waals surface area contributed by atoms with Crippen LogP contribution in [0.15, 0.2) is 30.3 Å². The Morgan fingerprint density at radius 1 is 1.35 bits per heavy atom. The normalized spacial score (nSPS) is 16.1. The SMILES string of the molecule is CCC(C)CS(=O)C(C(=O)O)c1ccccc1. The van der Waals surface area contributed by atoms with Crippen LogP contribution in [0.25, 0.3) is 0 Å². The van der Waals surface area contributed by atoms with E-state index >= 15 is 0 Å². The number of hydrogen-bond donors (Lipinski definition) is 1. The molecule has 1 aromatic rings. The van der Waals surface area contributed by atoms with Gasteiger partial charge in [0.1, 0.15) is 0 Å². The first-order chi connectivity index (χ1) is 8.06. The van der Waals surface area contributed by atoms with Gasteiger partial charge in [0.05, 0.1) is 0 Å². The predicted octanol–water partition coefficient (Wildman–Crippen LogP) is 2.61. The number of carboxylic acids is 1. The van der Waals surface area contributed by atoms with Gasteiger partial charge in [-0.15, -0.1) is 0 Å². The number of aliphatic carboxylic acids is 1. The van der Waals surface area contributed by atoms with Crippen LogP contribution in [-0.2, 0) is 15.6 Å². The van der Waals surface area contributed by atoms with E-state index in [1.165, 1.54) is 0 Å². The lowest BCUT2D eigenvalue weighted by Gasteiger charge is -2.15. The summed E-state index contributed by atoms with van der Waals surface area (Å²) in [7, 11) is -1.37. The molecule has 0 saturated heterocycles. The van der Waals surface area contributed by atoms with Crippen LogP contribution in [0, 0.1) is 5.92 Å². The average Bonchev–Trinajstić information content (AvgIpc) is 2.29. The van der Waals surface area contributed by atoms with Gasteiger partial charge in [-0.3, -0.25) is 9.00 Å². The second-order valence-electron chi connectivity index (χ2n) is 4.19. The molecule has 1 rings (SSSR count). The van der Waals surface area contributed by atoms with Crippen LogP contribution in [0.4, 0.5) is 0 Å². The highest BCUT2D eigenvalue weighted by Gasteiger charge is 2.27. The van der Waals surface area contributed by atoms with Crippen molar-refractivity contribution in [3.8, 4) is 0 Å². The van der Waals surface area contributed by atoms with Crippen molar-refractivity contribution in [3.05, 3.63) is 35.9 Å². The minimum atomic E-state index is -1.37. The third-order valence-corrected chi connectivity index (χ3v) is 4.63. The number of hydrogen-bond acceptors (Lipinski definition) is 2. The summed E-state index contributed by atoms with van der Waals surface area (Å²) in [4.78, 5) is 11.2. The third-order valence-electron chi connectivity index (χ3n) is 2.74. The van der Waals surface area contributed by atoms with Gasteiger partial charge in [0.2, 0.25) is 0 Å². The highest BCUT2D eigenvalue weighted by molar-refractivity contribution is 7.86. The summed E-state index contributed by atoms with van der Waals surface area (Å²) in [5, 5.41) is 8.28. The van der Waals surface area contributed by atoms with E-state index < -0.39 is 22.0 Å². The summed E-state index contributed by atoms with van der Waals surface area (Å²) in [6.45, 7) is 4.00. The number of benzene rings is 1. The molecule has 0 heterocycles. The van der Waals surface area contributed by atoms with E-state index in [1.54, 1.807) is 24.3 Å². The Kier molecular flexibility index (Phi) is 5.35. The molecule has 4 heteroatoms. The van der Waals surface area contributed by atoms with Crippen LogP contribution >= 0.6 is 0 Å². The molecule has 17 heavy (non-hydrogen) atoms. The Balaban J connectivity index is 2.87. The van der Waals surface area contributed by atoms with Crippen molar-refractivity contribution in [2.75, 3.05) is 5.75 Å². The molecular weight excluding hydrogens is 236 g/mol. The fourth-order valence-corrected chi connectivity index (χ4v) is 3.20. The lowest BCUT2D eigenvalue weighted by Crippen LogP contribution is -2.21. The number of rotatable bonds is 6. The Morgan fingerprint density at radius 3 is 2.41 bits per heavy atom. The van der Waals surface area contributed by atoms with E-state index in [0.717, 1.165) is 6.42 Å². The lowest BCUT2D eigenvalue weighted by atomic mass is 10.1. The van der Waals surface area contributed by atoms with Gasteiger partial charge in [0.25, 0.3) is 0 Å². The summed E-state index contributed by atoms with van der Waals surface area (Å²) in [6, 6.07) is 8.79. The predicted molar refractivity (Wildman–Crippen MR) is 69.3 cm³/mol. The molecule has 0 amide bonds. The van der Waals surface area contributed by atoms with Gasteiger partial charge < -0.3 is 5.11 Å².